The van der Waals surface area contributed by atoms with Gasteiger partial charge in [-0.3, -0.25) is 4.90 Å². The predicted octanol–water partition coefficient (Wildman–Crippen LogP) is 3.03. The van der Waals surface area contributed by atoms with Crippen molar-refractivity contribution >= 4 is 0 Å². The second-order valence-electron chi connectivity index (χ2n) is 6.46. The number of terminal acetylenes is 1. The highest BCUT2D eigenvalue weighted by Gasteiger charge is 2.24. The Labute approximate surface area is 119 Å². The summed E-state index contributed by atoms with van der Waals surface area (Å²) in [6.45, 7) is 5.56. The number of rotatable bonds is 4. The van der Waals surface area contributed by atoms with Gasteiger partial charge in [0.15, 0.2) is 0 Å². The zero-order valence-corrected chi connectivity index (χ0v) is 12.5. The lowest BCUT2D eigenvalue weighted by atomic mass is 9.91. The van der Waals surface area contributed by atoms with Crippen LogP contribution in [0.5, 0.6) is 0 Å². The molecule has 1 aliphatic carbocycles. The van der Waals surface area contributed by atoms with Crippen molar-refractivity contribution in [3.63, 3.8) is 0 Å². The van der Waals surface area contributed by atoms with Crippen LogP contribution in [0.1, 0.15) is 58.3 Å². The van der Waals surface area contributed by atoms with E-state index in [4.69, 9.17) is 6.42 Å². The molecule has 1 saturated heterocycles. The first-order chi connectivity index (χ1) is 9.29. The van der Waals surface area contributed by atoms with Crippen LogP contribution in [0.15, 0.2) is 0 Å². The third-order valence-electron chi connectivity index (χ3n) is 5.01. The Hall–Kier alpha value is -0.520. The van der Waals surface area contributed by atoms with Crippen LogP contribution in [0.3, 0.4) is 0 Å². The summed E-state index contributed by atoms with van der Waals surface area (Å²) in [6, 6.07) is 1.41. The van der Waals surface area contributed by atoms with Gasteiger partial charge in [0.1, 0.15) is 0 Å². The highest BCUT2D eigenvalue weighted by Crippen LogP contribution is 2.26. The van der Waals surface area contributed by atoms with Crippen LogP contribution in [-0.2, 0) is 0 Å². The average molecular weight is 262 g/mol. The normalized spacial score (nSPS) is 25.7. The summed E-state index contributed by atoms with van der Waals surface area (Å²) >= 11 is 0. The molecule has 108 valence electrons. The molecule has 0 bridgehead atoms. The monoisotopic (exact) mass is 262 g/mol. The molecule has 1 heterocycles. The fourth-order valence-corrected chi connectivity index (χ4v) is 3.71. The van der Waals surface area contributed by atoms with Gasteiger partial charge in [0.2, 0.25) is 0 Å². The van der Waals surface area contributed by atoms with E-state index in [9.17, 15) is 0 Å². The van der Waals surface area contributed by atoms with Crippen LogP contribution in [-0.4, -0.2) is 36.6 Å². The summed E-state index contributed by atoms with van der Waals surface area (Å²) in [4.78, 5) is 2.40. The first-order valence-corrected chi connectivity index (χ1v) is 8.21. The molecule has 0 aromatic heterocycles. The van der Waals surface area contributed by atoms with Crippen molar-refractivity contribution in [2.75, 3.05) is 19.6 Å². The third kappa shape index (κ3) is 4.82. The standard InChI is InChI=1S/C17H30N2/c1-3-12-19-13-10-17(11-14-19)18-15(2)16-8-6-4-5-7-9-16/h1,15-18H,4-14H2,2H3/t15-/m1/s1. The molecule has 2 fully saturated rings. The largest absolute Gasteiger partial charge is 0.311 e. The number of likely N-dealkylation sites (tertiary alicyclic amines) is 1. The smallest absolute Gasteiger partial charge is 0.0598 e. The molecule has 0 radical (unpaired) electrons. The van der Waals surface area contributed by atoms with E-state index >= 15 is 0 Å². The van der Waals surface area contributed by atoms with Crippen LogP contribution in [0.2, 0.25) is 0 Å². The van der Waals surface area contributed by atoms with Crippen LogP contribution >= 0.6 is 0 Å². The maximum atomic E-state index is 5.38. The second-order valence-corrected chi connectivity index (χ2v) is 6.46. The van der Waals surface area contributed by atoms with E-state index < -0.39 is 0 Å². The van der Waals surface area contributed by atoms with E-state index in [1.54, 1.807) is 0 Å². The zero-order chi connectivity index (χ0) is 13.5. The van der Waals surface area contributed by atoms with E-state index in [1.807, 2.05) is 0 Å². The fraction of sp³-hybridized carbons (Fsp3) is 0.882. The molecule has 0 aromatic carbocycles. The summed E-state index contributed by atoms with van der Waals surface area (Å²) in [7, 11) is 0. The Bertz CT molecular complexity index is 278. The highest BCUT2D eigenvalue weighted by molar-refractivity contribution is 4.91. The van der Waals surface area contributed by atoms with Crippen molar-refractivity contribution < 1.29 is 0 Å². The van der Waals surface area contributed by atoms with E-state index in [1.165, 1.54) is 64.5 Å². The second kappa shape index (κ2) is 7.92. The summed E-state index contributed by atoms with van der Waals surface area (Å²) in [5.74, 6) is 3.67. The Morgan fingerprint density at radius 2 is 1.74 bits per heavy atom. The number of nitrogens with one attached hydrogen (secondary N) is 1. The molecule has 2 heteroatoms. The van der Waals surface area contributed by atoms with Gasteiger partial charge in [-0.15, -0.1) is 6.42 Å². The number of hydrogen-bond donors (Lipinski definition) is 1. The Kier molecular flexibility index (Phi) is 6.20. The van der Waals surface area contributed by atoms with Crippen LogP contribution < -0.4 is 5.32 Å². The van der Waals surface area contributed by atoms with Gasteiger partial charge < -0.3 is 5.32 Å². The van der Waals surface area contributed by atoms with Gasteiger partial charge >= 0.3 is 0 Å². The molecule has 0 spiro atoms. The molecule has 19 heavy (non-hydrogen) atoms. The highest BCUT2D eigenvalue weighted by atomic mass is 15.1. The SMILES string of the molecule is C#CCN1CCC(N[C@H](C)C2CCCCCC2)CC1. The van der Waals surface area contributed by atoms with Crippen molar-refractivity contribution in [2.45, 2.75) is 70.4 Å². The third-order valence-corrected chi connectivity index (χ3v) is 5.01. The Balaban J connectivity index is 1.70. The van der Waals surface area contributed by atoms with Gasteiger partial charge in [-0.05, 0) is 38.5 Å². The van der Waals surface area contributed by atoms with Crippen molar-refractivity contribution in [1.82, 2.24) is 10.2 Å². The van der Waals surface area contributed by atoms with Gasteiger partial charge in [0.25, 0.3) is 0 Å². The molecule has 1 saturated carbocycles. The summed E-state index contributed by atoms with van der Waals surface area (Å²) in [6.07, 6.45) is 16.6. The maximum absolute atomic E-state index is 5.38. The molecular formula is C17H30N2. The molecule has 2 rings (SSSR count). The van der Waals surface area contributed by atoms with Gasteiger partial charge in [0, 0.05) is 25.2 Å². The minimum absolute atomic E-state index is 0.697. The minimum Gasteiger partial charge on any atom is -0.311 e. The number of nitrogens with zero attached hydrogens (tertiary/aromatic N) is 1. The topological polar surface area (TPSA) is 15.3 Å². The van der Waals surface area contributed by atoms with E-state index in [-0.39, 0.29) is 0 Å². The Morgan fingerprint density at radius 3 is 2.32 bits per heavy atom. The molecule has 2 nitrogen and oxygen atoms in total. The minimum atomic E-state index is 0.697. The lowest BCUT2D eigenvalue weighted by Gasteiger charge is -2.35. The maximum Gasteiger partial charge on any atom is 0.0598 e. The van der Waals surface area contributed by atoms with E-state index in [0.29, 0.717) is 12.1 Å². The van der Waals surface area contributed by atoms with Crippen molar-refractivity contribution in [1.29, 1.82) is 0 Å². The fourth-order valence-electron chi connectivity index (χ4n) is 3.71. The summed E-state index contributed by atoms with van der Waals surface area (Å²) < 4.78 is 0. The van der Waals surface area contributed by atoms with Gasteiger partial charge in [0.05, 0.1) is 6.54 Å². The van der Waals surface area contributed by atoms with Crippen LogP contribution in [0.25, 0.3) is 0 Å². The number of piperidine rings is 1. The van der Waals surface area contributed by atoms with Crippen molar-refractivity contribution in [3.05, 3.63) is 0 Å². The first-order valence-electron chi connectivity index (χ1n) is 8.21. The number of hydrogen-bond acceptors (Lipinski definition) is 2. The molecule has 1 atom stereocenters. The Morgan fingerprint density at radius 1 is 1.11 bits per heavy atom. The van der Waals surface area contributed by atoms with Crippen LogP contribution in [0, 0.1) is 18.3 Å². The van der Waals surface area contributed by atoms with Crippen molar-refractivity contribution in [2.24, 2.45) is 5.92 Å². The zero-order valence-electron chi connectivity index (χ0n) is 12.5. The first kappa shape index (κ1) is 14.9. The average Bonchev–Trinajstić information content (AvgIpc) is 2.70. The lowest BCUT2D eigenvalue weighted by molar-refractivity contribution is 0.196. The predicted molar refractivity (Wildman–Crippen MR) is 82.1 cm³/mol. The molecule has 0 amide bonds. The van der Waals surface area contributed by atoms with Crippen LogP contribution in [0.4, 0.5) is 0 Å². The van der Waals surface area contributed by atoms with E-state index in [0.717, 1.165) is 12.5 Å². The summed E-state index contributed by atoms with van der Waals surface area (Å²) in [5, 5.41) is 3.90. The van der Waals surface area contributed by atoms with Gasteiger partial charge in [-0.25, -0.2) is 0 Å². The van der Waals surface area contributed by atoms with Gasteiger partial charge in [-0.1, -0.05) is 31.6 Å². The van der Waals surface area contributed by atoms with Crippen molar-refractivity contribution in [3.8, 4) is 12.3 Å². The summed E-state index contributed by atoms with van der Waals surface area (Å²) in [5.41, 5.74) is 0. The molecule has 2 aliphatic rings. The molecule has 0 aromatic rings. The van der Waals surface area contributed by atoms with E-state index in [2.05, 4.69) is 23.1 Å². The molecular weight excluding hydrogens is 232 g/mol. The molecule has 1 aliphatic heterocycles. The quantitative estimate of drug-likeness (QED) is 0.619. The molecule has 0 unspecified atom stereocenters. The lowest BCUT2D eigenvalue weighted by Crippen LogP contribution is -2.47. The molecule has 1 N–H and O–H groups in total. The van der Waals surface area contributed by atoms with Gasteiger partial charge in [-0.2, -0.15) is 0 Å².